The van der Waals surface area contributed by atoms with E-state index in [1.165, 1.54) is 0 Å². The third kappa shape index (κ3) is 3.65. The summed E-state index contributed by atoms with van der Waals surface area (Å²) >= 11 is 0. The lowest BCUT2D eigenvalue weighted by molar-refractivity contribution is -0.122. The number of fused-ring (bicyclic) bond motifs is 2. The third-order valence-electron chi connectivity index (χ3n) is 4.63. The zero-order valence-corrected chi connectivity index (χ0v) is 14.1. The molecule has 0 amide bonds. The highest BCUT2D eigenvalue weighted by molar-refractivity contribution is 6.01. The molecule has 7 nitrogen and oxygen atoms in total. The van der Waals surface area contributed by atoms with Gasteiger partial charge in [-0.1, -0.05) is 13.8 Å². The molecule has 0 aromatic heterocycles. The quantitative estimate of drug-likeness (QED) is 0.697. The van der Waals surface area contributed by atoms with Crippen LogP contribution >= 0.6 is 0 Å². The topological polar surface area (TPSA) is 81.1 Å². The first-order valence-electron chi connectivity index (χ1n) is 8.90. The van der Waals surface area contributed by atoms with Crippen LogP contribution in [0, 0.1) is 0 Å². The summed E-state index contributed by atoms with van der Waals surface area (Å²) in [5, 5.41) is 10.0. The van der Waals surface area contributed by atoms with E-state index in [9.17, 15) is 4.79 Å². The maximum atomic E-state index is 11.8. The van der Waals surface area contributed by atoms with Crippen LogP contribution < -0.4 is 16.0 Å². The molecule has 0 saturated carbocycles. The zero-order valence-electron chi connectivity index (χ0n) is 14.1. The van der Waals surface area contributed by atoms with Gasteiger partial charge in [-0.05, 0) is 32.2 Å². The predicted molar refractivity (Wildman–Crippen MR) is 91.3 cm³/mol. The Morgan fingerprint density at radius 2 is 2.00 bits per heavy atom. The number of carbonyl (C=O) groups excluding carboxylic acids is 1. The SMILES string of the molecule is CCCN=C1NC(N2C3CCC2CC(=O)C3)=NC(NCCC)N1. The Morgan fingerprint density at radius 1 is 1.26 bits per heavy atom. The minimum Gasteiger partial charge on any atom is -0.336 e. The van der Waals surface area contributed by atoms with Crippen molar-refractivity contribution in [1.29, 1.82) is 0 Å². The summed E-state index contributed by atoms with van der Waals surface area (Å²) in [6.07, 6.45) is 5.38. The fourth-order valence-electron chi connectivity index (χ4n) is 3.59. The van der Waals surface area contributed by atoms with Gasteiger partial charge in [0.2, 0.25) is 11.9 Å². The number of guanidine groups is 2. The van der Waals surface area contributed by atoms with Crippen LogP contribution in [0.1, 0.15) is 52.4 Å². The summed E-state index contributed by atoms with van der Waals surface area (Å²) in [5.74, 6) is 2.04. The van der Waals surface area contributed by atoms with Crippen molar-refractivity contribution in [3.8, 4) is 0 Å². The van der Waals surface area contributed by atoms with Crippen LogP contribution in [0.3, 0.4) is 0 Å². The lowest BCUT2D eigenvalue weighted by Crippen LogP contribution is -2.62. The molecule has 3 unspecified atom stereocenters. The average Bonchev–Trinajstić information content (AvgIpc) is 2.82. The first-order chi connectivity index (χ1) is 11.2. The predicted octanol–water partition coefficient (Wildman–Crippen LogP) is 0.780. The van der Waals surface area contributed by atoms with Crippen LogP contribution in [0.25, 0.3) is 0 Å². The van der Waals surface area contributed by atoms with Crippen LogP contribution in [0.4, 0.5) is 0 Å². The second kappa shape index (κ2) is 7.29. The largest absolute Gasteiger partial charge is 0.336 e. The van der Waals surface area contributed by atoms with E-state index < -0.39 is 0 Å². The standard InChI is InChI=1S/C16H28N6O/c1-3-7-17-14-19-15(18-8-4-2)21-16(20-14)22-11-5-6-12(22)10-13(23)9-11/h11-12,14,17H,3-10H2,1-2H3,(H2,18,19,20,21). The Kier molecular flexibility index (Phi) is 5.15. The lowest BCUT2D eigenvalue weighted by Gasteiger charge is -2.39. The summed E-state index contributed by atoms with van der Waals surface area (Å²) < 4.78 is 0. The van der Waals surface area contributed by atoms with Crippen molar-refractivity contribution >= 4 is 17.7 Å². The molecule has 23 heavy (non-hydrogen) atoms. The fourth-order valence-corrected chi connectivity index (χ4v) is 3.59. The number of hydrogen-bond acceptors (Lipinski definition) is 5. The zero-order chi connectivity index (χ0) is 16.2. The van der Waals surface area contributed by atoms with E-state index in [-0.39, 0.29) is 6.29 Å². The van der Waals surface area contributed by atoms with Gasteiger partial charge in [0.15, 0.2) is 6.29 Å². The van der Waals surface area contributed by atoms with Crippen molar-refractivity contribution in [2.24, 2.45) is 9.98 Å². The maximum Gasteiger partial charge on any atom is 0.204 e. The number of Topliss-reactive ketones (excluding diaryl/α,β-unsaturated/α-hetero) is 1. The van der Waals surface area contributed by atoms with Crippen LogP contribution in [-0.2, 0) is 4.79 Å². The Morgan fingerprint density at radius 3 is 2.65 bits per heavy atom. The molecule has 2 fully saturated rings. The Labute approximate surface area is 138 Å². The molecule has 2 saturated heterocycles. The number of nitrogens with zero attached hydrogens (tertiary/aromatic N) is 3. The lowest BCUT2D eigenvalue weighted by atomic mass is 10.0. The molecule has 3 rings (SSSR count). The third-order valence-corrected chi connectivity index (χ3v) is 4.63. The number of carbonyl (C=O) groups is 1. The highest BCUT2D eigenvalue weighted by Gasteiger charge is 2.42. The van der Waals surface area contributed by atoms with E-state index in [2.05, 4.69) is 39.7 Å². The van der Waals surface area contributed by atoms with Crippen molar-refractivity contribution < 1.29 is 4.79 Å². The first kappa shape index (κ1) is 16.2. The van der Waals surface area contributed by atoms with Crippen molar-refractivity contribution in [3.63, 3.8) is 0 Å². The van der Waals surface area contributed by atoms with Crippen LogP contribution in [-0.4, -0.2) is 54.1 Å². The van der Waals surface area contributed by atoms with Gasteiger partial charge >= 0.3 is 0 Å². The number of ketones is 1. The summed E-state index contributed by atoms with van der Waals surface area (Å²) in [5.41, 5.74) is 0. The van der Waals surface area contributed by atoms with Crippen molar-refractivity contribution in [1.82, 2.24) is 20.9 Å². The van der Waals surface area contributed by atoms with E-state index in [4.69, 9.17) is 4.99 Å². The van der Waals surface area contributed by atoms with Crippen LogP contribution in [0.5, 0.6) is 0 Å². The Balaban J connectivity index is 1.78. The van der Waals surface area contributed by atoms with E-state index in [1.54, 1.807) is 0 Å². The van der Waals surface area contributed by atoms with E-state index in [0.717, 1.165) is 50.7 Å². The summed E-state index contributed by atoms with van der Waals surface area (Å²) in [7, 11) is 0. The van der Waals surface area contributed by atoms with Crippen molar-refractivity contribution in [3.05, 3.63) is 0 Å². The fraction of sp³-hybridized carbons (Fsp3) is 0.812. The minimum absolute atomic E-state index is 0.154. The average molecular weight is 320 g/mol. The Bertz CT molecular complexity index is 487. The number of piperidine rings is 1. The van der Waals surface area contributed by atoms with Gasteiger partial charge in [-0.25, -0.2) is 4.99 Å². The highest BCUT2D eigenvalue weighted by atomic mass is 16.1. The van der Waals surface area contributed by atoms with Gasteiger partial charge in [0.1, 0.15) is 5.78 Å². The summed E-state index contributed by atoms with van der Waals surface area (Å²) in [4.78, 5) is 23.5. The second-order valence-electron chi connectivity index (χ2n) is 6.55. The molecule has 2 bridgehead atoms. The molecule has 3 N–H and O–H groups in total. The highest BCUT2D eigenvalue weighted by Crippen LogP contribution is 2.34. The first-order valence-corrected chi connectivity index (χ1v) is 8.90. The molecule has 7 heteroatoms. The van der Waals surface area contributed by atoms with Gasteiger partial charge in [0, 0.05) is 31.5 Å². The van der Waals surface area contributed by atoms with Crippen molar-refractivity contribution in [2.45, 2.75) is 70.7 Å². The van der Waals surface area contributed by atoms with Gasteiger partial charge in [0.25, 0.3) is 0 Å². The van der Waals surface area contributed by atoms with Gasteiger partial charge in [-0.15, -0.1) is 0 Å². The van der Waals surface area contributed by atoms with E-state index >= 15 is 0 Å². The monoisotopic (exact) mass is 320 g/mol. The smallest absolute Gasteiger partial charge is 0.204 e. The minimum atomic E-state index is -0.154. The second-order valence-corrected chi connectivity index (χ2v) is 6.55. The van der Waals surface area contributed by atoms with Gasteiger partial charge in [0.05, 0.1) is 0 Å². The summed E-state index contributed by atoms with van der Waals surface area (Å²) in [6, 6.07) is 0.592. The number of rotatable bonds is 5. The molecule has 3 heterocycles. The Hall–Kier alpha value is -1.63. The number of nitrogens with one attached hydrogen (secondary N) is 3. The van der Waals surface area contributed by atoms with Crippen molar-refractivity contribution in [2.75, 3.05) is 13.1 Å². The van der Waals surface area contributed by atoms with Gasteiger partial charge in [-0.2, -0.15) is 0 Å². The van der Waals surface area contributed by atoms with E-state index in [0.29, 0.717) is 30.7 Å². The molecule has 0 aromatic rings. The van der Waals surface area contributed by atoms with Gasteiger partial charge < -0.3 is 10.2 Å². The molecular weight excluding hydrogens is 292 g/mol. The van der Waals surface area contributed by atoms with Crippen LogP contribution in [0.2, 0.25) is 0 Å². The normalized spacial score (nSPS) is 31.8. The maximum absolute atomic E-state index is 11.8. The van der Waals surface area contributed by atoms with Crippen LogP contribution in [0.15, 0.2) is 9.98 Å². The molecule has 0 aliphatic carbocycles. The molecule has 3 aliphatic rings. The molecule has 128 valence electrons. The van der Waals surface area contributed by atoms with Gasteiger partial charge in [-0.3, -0.25) is 20.4 Å². The number of hydrogen-bond donors (Lipinski definition) is 3. The molecule has 3 atom stereocenters. The summed E-state index contributed by atoms with van der Waals surface area (Å²) in [6.45, 7) is 5.95. The number of aliphatic imine (C=N–C) groups is 2. The molecular formula is C16H28N6O. The molecule has 0 aromatic carbocycles. The molecule has 0 spiro atoms. The molecule has 3 aliphatic heterocycles. The van der Waals surface area contributed by atoms with E-state index in [1.807, 2.05) is 0 Å². The molecule has 0 radical (unpaired) electrons.